The number of rotatable bonds is 7. The monoisotopic (exact) mass is 352 g/mol. The van der Waals surface area contributed by atoms with Crippen molar-refractivity contribution in [2.45, 2.75) is 25.8 Å². The maximum Gasteiger partial charge on any atom is 0.259 e. The third-order valence-corrected chi connectivity index (χ3v) is 4.49. The van der Waals surface area contributed by atoms with E-state index in [0.717, 1.165) is 17.7 Å². The van der Waals surface area contributed by atoms with Crippen LogP contribution in [0.2, 0.25) is 0 Å². The van der Waals surface area contributed by atoms with Crippen LogP contribution >= 0.6 is 0 Å². The first-order valence-corrected chi connectivity index (χ1v) is 9.04. The molecule has 1 atom stereocenters. The maximum absolute atomic E-state index is 13.1. The van der Waals surface area contributed by atoms with Crippen LogP contribution in [-0.4, -0.2) is 37.6 Å². The molecule has 2 aromatic rings. The Morgan fingerprint density at radius 3 is 2.62 bits per heavy atom. The minimum atomic E-state index is -0.521. The first kappa shape index (κ1) is 18.1. The van der Waals surface area contributed by atoms with E-state index in [1.807, 2.05) is 49.4 Å². The number of amides is 2. The lowest BCUT2D eigenvalue weighted by Crippen LogP contribution is -2.48. The van der Waals surface area contributed by atoms with E-state index in [0.29, 0.717) is 31.7 Å². The van der Waals surface area contributed by atoms with Gasteiger partial charge in [-0.05, 0) is 37.1 Å². The molecule has 0 aliphatic carbocycles. The number of fused-ring (bicyclic) bond motifs is 1. The lowest BCUT2D eigenvalue weighted by atomic mass is 10.1. The van der Waals surface area contributed by atoms with Gasteiger partial charge in [0.1, 0.15) is 6.04 Å². The summed E-state index contributed by atoms with van der Waals surface area (Å²) in [6.45, 7) is 3.78. The van der Waals surface area contributed by atoms with Gasteiger partial charge in [-0.25, -0.2) is 0 Å². The van der Waals surface area contributed by atoms with Crippen molar-refractivity contribution in [3.8, 4) is 0 Å². The van der Waals surface area contributed by atoms with Crippen LogP contribution in [0.25, 0.3) is 0 Å². The highest BCUT2D eigenvalue weighted by molar-refractivity contribution is 6.11. The Hall–Kier alpha value is -2.66. The summed E-state index contributed by atoms with van der Waals surface area (Å²) in [5.41, 5.74) is 2.42. The number of nitrogens with zero attached hydrogens (tertiary/aromatic N) is 1. The zero-order chi connectivity index (χ0) is 18.4. The minimum Gasteiger partial charge on any atom is -0.382 e. The molecule has 0 saturated heterocycles. The van der Waals surface area contributed by atoms with Gasteiger partial charge in [0, 0.05) is 37.4 Å². The summed E-state index contributed by atoms with van der Waals surface area (Å²) in [6, 6.07) is 16.3. The molecular formula is C21H24N2O3. The first-order chi connectivity index (χ1) is 12.7. The predicted octanol–water partition coefficient (Wildman–Crippen LogP) is 2.80. The van der Waals surface area contributed by atoms with Gasteiger partial charge in [-0.3, -0.25) is 14.5 Å². The Bertz CT molecular complexity index is 761. The highest BCUT2D eigenvalue weighted by Crippen LogP contribution is 2.33. The number of carbonyl (C=O) groups excluding carboxylic acids is 2. The summed E-state index contributed by atoms with van der Waals surface area (Å²) in [5, 5.41) is 2.94. The first-order valence-electron chi connectivity index (χ1n) is 9.04. The number of ether oxygens (including phenoxy) is 1. The molecule has 0 bridgehead atoms. The molecule has 2 amide bonds. The second-order valence-electron chi connectivity index (χ2n) is 6.23. The lowest BCUT2D eigenvalue weighted by Gasteiger charge is -2.25. The van der Waals surface area contributed by atoms with Crippen molar-refractivity contribution >= 4 is 17.5 Å². The van der Waals surface area contributed by atoms with Crippen molar-refractivity contribution in [3.05, 3.63) is 65.7 Å². The van der Waals surface area contributed by atoms with Gasteiger partial charge in [0.05, 0.1) is 0 Å². The fourth-order valence-corrected chi connectivity index (χ4v) is 3.21. The van der Waals surface area contributed by atoms with E-state index in [1.165, 1.54) is 0 Å². The van der Waals surface area contributed by atoms with Crippen molar-refractivity contribution in [1.29, 1.82) is 0 Å². The fourth-order valence-electron chi connectivity index (χ4n) is 3.21. The van der Waals surface area contributed by atoms with E-state index < -0.39 is 6.04 Å². The van der Waals surface area contributed by atoms with Gasteiger partial charge >= 0.3 is 0 Å². The maximum atomic E-state index is 13.1. The number of hydrogen-bond acceptors (Lipinski definition) is 3. The lowest BCUT2D eigenvalue weighted by molar-refractivity contribution is -0.122. The largest absolute Gasteiger partial charge is 0.382 e. The minimum absolute atomic E-state index is 0.123. The predicted molar refractivity (Wildman–Crippen MR) is 101 cm³/mol. The van der Waals surface area contributed by atoms with E-state index in [-0.39, 0.29) is 11.8 Å². The molecule has 0 aromatic heterocycles. The Kier molecular flexibility index (Phi) is 6.02. The van der Waals surface area contributed by atoms with Crippen LogP contribution in [0, 0.1) is 0 Å². The summed E-state index contributed by atoms with van der Waals surface area (Å²) < 4.78 is 5.29. The Morgan fingerprint density at radius 2 is 1.85 bits per heavy atom. The number of nitrogens with one attached hydrogen (secondary N) is 1. The van der Waals surface area contributed by atoms with Gasteiger partial charge in [-0.1, -0.05) is 36.4 Å². The molecule has 0 radical (unpaired) electrons. The van der Waals surface area contributed by atoms with Crippen LogP contribution < -0.4 is 10.2 Å². The molecule has 1 aliphatic heterocycles. The van der Waals surface area contributed by atoms with Crippen LogP contribution in [0.1, 0.15) is 29.3 Å². The van der Waals surface area contributed by atoms with Gasteiger partial charge in [0.25, 0.3) is 5.91 Å². The van der Waals surface area contributed by atoms with E-state index in [1.54, 1.807) is 17.0 Å². The fraction of sp³-hybridized carbons (Fsp3) is 0.333. The third-order valence-electron chi connectivity index (χ3n) is 4.49. The van der Waals surface area contributed by atoms with Gasteiger partial charge in [0.2, 0.25) is 5.91 Å². The van der Waals surface area contributed by atoms with Gasteiger partial charge < -0.3 is 10.1 Å². The van der Waals surface area contributed by atoms with Gasteiger partial charge in [-0.15, -0.1) is 0 Å². The molecule has 5 nitrogen and oxygen atoms in total. The molecule has 3 rings (SSSR count). The van der Waals surface area contributed by atoms with E-state index in [4.69, 9.17) is 4.74 Å². The number of para-hydroxylation sites is 1. The molecule has 0 saturated carbocycles. The highest BCUT2D eigenvalue weighted by atomic mass is 16.5. The summed E-state index contributed by atoms with van der Waals surface area (Å²) >= 11 is 0. The molecule has 0 fully saturated rings. The number of carbonyl (C=O) groups is 2. The van der Waals surface area contributed by atoms with Crippen LogP contribution in [0.5, 0.6) is 0 Å². The number of anilines is 1. The normalized spacial score (nSPS) is 15.6. The second kappa shape index (κ2) is 8.63. The van der Waals surface area contributed by atoms with Gasteiger partial charge in [-0.2, -0.15) is 0 Å². The third kappa shape index (κ3) is 3.94. The molecule has 0 spiro atoms. The zero-order valence-corrected chi connectivity index (χ0v) is 15.0. The summed E-state index contributed by atoms with van der Waals surface area (Å²) in [4.78, 5) is 27.4. The molecule has 1 heterocycles. The Morgan fingerprint density at radius 1 is 1.12 bits per heavy atom. The Labute approximate surface area is 154 Å². The standard InChI is InChI=1S/C21H24N2O3/c1-2-26-14-8-13-22-20(24)19-15-17-11-6-7-12-18(17)23(19)21(25)16-9-4-3-5-10-16/h3-7,9-12,19H,2,8,13-15H2,1H3,(H,22,24)/t19-/m1/s1. The number of hydrogen-bond donors (Lipinski definition) is 1. The van der Waals surface area contributed by atoms with Crippen molar-refractivity contribution < 1.29 is 14.3 Å². The van der Waals surface area contributed by atoms with Crippen LogP contribution in [-0.2, 0) is 16.0 Å². The molecule has 1 N–H and O–H groups in total. The molecule has 26 heavy (non-hydrogen) atoms. The Balaban J connectivity index is 1.76. The SMILES string of the molecule is CCOCCCNC(=O)[C@H]1Cc2ccccc2N1C(=O)c1ccccc1. The molecule has 2 aromatic carbocycles. The van der Waals surface area contributed by atoms with E-state index in [9.17, 15) is 9.59 Å². The van der Waals surface area contributed by atoms with Crippen LogP contribution in [0.3, 0.4) is 0 Å². The molecule has 5 heteroatoms. The smallest absolute Gasteiger partial charge is 0.259 e. The highest BCUT2D eigenvalue weighted by Gasteiger charge is 2.38. The molecular weight excluding hydrogens is 328 g/mol. The van der Waals surface area contributed by atoms with Crippen molar-refractivity contribution in [2.24, 2.45) is 0 Å². The number of benzene rings is 2. The molecule has 136 valence electrons. The van der Waals surface area contributed by atoms with Crippen molar-refractivity contribution in [3.63, 3.8) is 0 Å². The summed E-state index contributed by atoms with van der Waals surface area (Å²) in [5.74, 6) is -0.271. The van der Waals surface area contributed by atoms with E-state index >= 15 is 0 Å². The summed E-state index contributed by atoms with van der Waals surface area (Å²) in [7, 11) is 0. The van der Waals surface area contributed by atoms with Crippen molar-refractivity contribution in [1.82, 2.24) is 5.32 Å². The quantitative estimate of drug-likeness (QED) is 0.780. The second-order valence-corrected chi connectivity index (χ2v) is 6.23. The topological polar surface area (TPSA) is 58.6 Å². The molecule has 0 unspecified atom stereocenters. The summed E-state index contributed by atoms with van der Waals surface area (Å²) in [6.07, 6.45) is 1.29. The zero-order valence-electron chi connectivity index (χ0n) is 15.0. The van der Waals surface area contributed by atoms with Gasteiger partial charge in [0.15, 0.2) is 0 Å². The average Bonchev–Trinajstić information content (AvgIpc) is 3.07. The van der Waals surface area contributed by atoms with Crippen molar-refractivity contribution in [2.75, 3.05) is 24.7 Å². The van der Waals surface area contributed by atoms with Crippen LogP contribution in [0.4, 0.5) is 5.69 Å². The van der Waals surface area contributed by atoms with Crippen LogP contribution in [0.15, 0.2) is 54.6 Å². The average molecular weight is 352 g/mol. The van der Waals surface area contributed by atoms with E-state index in [2.05, 4.69) is 5.32 Å². The molecule has 1 aliphatic rings.